The number of nitrogens with zero attached hydrogens (tertiary/aromatic N) is 1. The van der Waals surface area contributed by atoms with Gasteiger partial charge in [0, 0.05) is 5.56 Å². The van der Waals surface area contributed by atoms with E-state index in [2.05, 4.69) is 32.1 Å². The number of aromatic nitrogens is 4. The molecule has 0 unspecified atom stereocenters. The van der Waals surface area contributed by atoms with Crippen molar-refractivity contribution in [2.24, 2.45) is 0 Å². The fourth-order valence-electron chi connectivity index (χ4n) is 2.79. The Balaban J connectivity index is 1.92. The van der Waals surface area contributed by atoms with Crippen LogP contribution in [0, 0.1) is 0 Å². The van der Waals surface area contributed by atoms with Crippen LogP contribution < -0.4 is 11.2 Å². The Morgan fingerprint density at radius 1 is 1.00 bits per heavy atom. The standard InChI is InChI=1S/C14H12N4O2/c19-13-10-12(17-14(20)18-13)16-11(15-10)9-5-4-7-2-1-3-8(7)6-9/h4-6H,1-3H2,(H3,15,16,17,18,19,20). The van der Waals surface area contributed by atoms with Gasteiger partial charge in [0.25, 0.3) is 5.56 Å². The lowest BCUT2D eigenvalue weighted by molar-refractivity contribution is 0.912. The molecule has 6 nitrogen and oxygen atoms in total. The number of hydrogen-bond acceptors (Lipinski definition) is 3. The summed E-state index contributed by atoms with van der Waals surface area (Å²) in [5.74, 6) is 0.599. The van der Waals surface area contributed by atoms with Crippen molar-refractivity contribution in [3.05, 3.63) is 50.2 Å². The first-order valence-electron chi connectivity index (χ1n) is 6.55. The van der Waals surface area contributed by atoms with Gasteiger partial charge in [-0.15, -0.1) is 0 Å². The Kier molecular flexibility index (Phi) is 2.20. The zero-order valence-corrected chi connectivity index (χ0v) is 10.6. The minimum Gasteiger partial charge on any atom is -0.332 e. The molecule has 4 rings (SSSR count). The summed E-state index contributed by atoms with van der Waals surface area (Å²) in [4.78, 5) is 34.9. The summed E-state index contributed by atoms with van der Waals surface area (Å²) in [5, 5.41) is 0. The van der Waals surface area contributed by atoms with Crippen LogP contribution in [0.4, 0.5) is 0 Å². The smallest absolute Gasteiger partial charge is 0.327 e. The minimum atomic E-state index is -0.547. The van der Waals surface area contributed by atoms with Gasteiger partial charge in [0.1, 0.15) is 11.3 Å². The first-order valence-corrected chi connectivity index (χ1v) is 6.55. The molecule has 0 saturated heterocycles. The normalized spacial score (nSPS) is 13.8. The molecule has 1 aliphatic rings. The Morgan fingerprint density at radius 2 is 1.85 bits per heavy atom. The lowest BCUT2D eigenvalue weighted by atomic mass is 10.1. The van der Waals surface area contributed by atoms with Gasteiger partial charge in [-0.2, -0.15) is 0 Å². The lowest BCUT2D eigenvalue weighted by Gasteiger charge is -2.01. The zero-order valence-electron chi connectivity index (χ0n) is 10.6. The average molecular weight is 268 g/mol. The predicted octanol–water partition coefficient (Wildman–Crippen LogP) is 1.10. The van der Waals surface area contributed by atoms with Crippen LogP contribution in [-0.2, 0) is 12.8 Å². The largest absolute Gasteiger partial charge is 0.332 e. The van der Waals surface area contributed by atoms with Crippen LogP contribution in [0.2, 0.25) is 0 Å². The van der Waals surface area contributed by atoms with Crippen molar-refractivity contribution in [2.45, 2.75) is 19.3 Å². The van der Waals surface area contributed by atoms with Gasteiger partial charge in [-0.25, -0.2) is 9.78 Å². The van der Waals surface area contributed by atoms with E-state index in [9.17, 15) is 9.59 Å². The van der Waals surface area contributed by atoms with Crippen LogP contribution in [0.1, 0.15) is 17.5 Å². The number of aryl methyl sites for hydroxylation is 2. The molecule has 0 atom stereocenters. The second-order valence-corrected chi connectivity index (χ2v) is 5.05. The first-order chi connectivity index (χ1) is 9.70. The van der Waals surface area contributed by atoms with Gasteiger partial charge >= 0.3 is 5.69 Å². The molecule has 0 saturated carbocycles. The number of aromatic amines is 3. The van der Waals surface area contributed by atoms with Crippen LogP contribution in [0.25, 0.3) is 22.6 Å². The molecule has 0 amide bonds. The Bertz CT molecular complexity index is 932. The Hall–Kier alpha value is -2.63. The van der Waals surface area contributed by atoms with Crippen LogP contribution in [-0.4, -0.2) is 19.9 Å². The van der Waals surface area contributed by atoms with E-state index in [4.69, 9.17) is 0 Å². The molecule has 1 aliphatic carbocycles. The summed E-state index contributed by atoms with van der Waals surface area (Å²) >= 11 is 0. The van der Waals surface area contributed by atoms with Crippen molar-refractivity contribution < 1.29 is 0 Å². The lowest BCUT2D eigenvalue weighted by Crippen LogP contribution is -2.21. The van der Waals surface area contributed by atoms with Crippen molar-refractivity contribution in [2.75, 3.05) is 0 Å². The first kappa shape index (κ1) is 11.2. The molecule has 0 bridgehead atoms. The molecule has 6 heteroatoms. The van der Waals surface area contributed by atoms with E-state index >= 15 is 0 Å². The molecule has 0 radical (unpaired) electrons. The van der Waals surface area contributed by atoms with Gasteiger partial charge in [0.05, 0.1) is 0 Å². The average Bonchev–Trinajstić information content (AvgIpc) is 3.03. The predicted molar refractivity (Wildman–Crippen MR) is 74.8 cm³/mol. The van der Waals surface area contributed by atoms with Gasteiger partial charge in [0.2, 0.25) is 0 Å². The number of imidazole rings is 1. The molecule has 3 aromatic rings. The summed E-state index contributed by atoms with van der Waals surface area (Å²) < 4.78 is 0. The topological polar surface area (TPSA) is 94.4 Å². The highest BCUT2D eigenvalue weighted by Crippen LogP contribution is 2.27. The van der Waals surface area contributed by atoms with Gasteiger partial charge < -0.3 is 4.98 Å². The van der Waals surface area contributed by atoms with Crippen LogP contribution in [0.15, 0.2) is 27.8 Å². The monoisotopic (exact) mass is 268 g/mol. The third-order valence-corrected chi connectivity index (χ3v) is 3.76. The Morgan fingerprint density at radius 3 is 2.75 bits per heavy atom. The molecule has 2 heterocycles. The number of benzene rings is 1. The quantitative estimate of drug-likeness (QED) is 0.616. The van der Waals surface area contributed by atoms with E-state index in [0.29, 0.717) is 11.3 Å². The van der Waals surface area contributed by atoms with E-state index in [1.54, 1.807) is 0 Å². The molecule has 1 aromatic carbocycles. The van der Waals surface area contributed by atoms with Gasteiger partial charge in [-0.3, -0.25) is 14.8 Å². The van der Waals surface area contributed by atoms with Crippen LogP contribution in [0.5, 0.6) is 0 Å². The van der Waals surface area contributed by atoms with E-state index in [0.717, 1.165) is 18.4 Å². The van der Waals surface area contributed by atoms with E-state index in [1.165, 1.54) is 17.5 Å². The second kappa shape index (κ2) is 3.93. The molecule has 3 N–H and O–H groups in total. The fourth-order valence-corrected chi connectivity index (χ4v) is 2.79. The molecule has 0 fully saturated rings. The van der Waals surface area contributed by atoms with Crippen molar-refractivity contribution in [1.29, 1.82) is 0 Å². The van der Waals surface area contributed by atoms with Crippen LogP contribution in [0.3, 0.4) is 0 Å². The van der Waals surface area contributed by atoms with E-state index in [1.807, 2.05) is 6.07 Å². The highest BCUT2D eigenvalue weighted by Gasteiger charge is 2.14. The summed E-state index contributed by atoms with van der Waals surface area (Å²) in [6.07, 6.45) is 3.40. The highest BCUT2D eigenvalue weighted by atomic mass is 16.2. The second-order valence-electron chi connectivity index (χ2n) is 5.05. The molecular weight excluding hydrogens is 256 g/mol. The van der Waals surface area contributed by atoms with Gasteiger partial charge in [-0.05, 0) is 36.5 Å². The molecule has 0 spiro atoms. The van der Waals surface area contributed by atoms with E-state index in [-0.39, 0.29) is 5.65 Å². The fraction of sp³-hybridized carbons (Fsp3) is 0.214. The third-order valence-electron chi connectivity index (χ3n) is 3.76. The maximum absolute atomic E-state index is 11.7. The van der Waals surface area contributed by atoms with Crippen molar-refractivity contribution >= 4 is 11.2 Å². The van der Waals surface area contributed by atoms with Gasteiger partial charge in [0.15, 0.2) is 5.65 Å². The SMILES string of the molecule is O=c1[nH]c(=O)c2[nH]c(-c3ccc4c(c3)CCC4)nc2[nH]1. The number of fused-ring (bicyclic) bond motifs is 2. The molecule has 0 aliphatic heterocycles. The number of nitrogens with one attached hydrogen (secondary N) is 3. The van der Waals surface area contributed by atoms with Crippen LogP contribution >= 0.6 is 0 Å². The molecule has 100 valence electrons. The maximum atomic E-state index is 11.7. The Labute approximate surface area is 112 Å². The van der Waals surface area contributed by atoms with Gasteiger partial charge in [-0.1, -0.05) is 12.1 Å². The van der Waals surface area contributed by atoms with Crippen molar-refractivity contribution in [1.82, 2.24) is 19.9 Å². The molecule has 20 heavy (non-hydrogen) atoms. The summed E-state index contributed by atoms with van der Waals surface area (Å²) in [7, 11) is 0. The third kappa shape index (κ3) is 1.61. The molecular formula is C14H12N4O2. The number of rotatable bonds is 1. The zero-order chi connectivity index (χ0) is 13.7. The van der Waals surface area contributed by atoms with Crippen molar-refractivity contribution in [3.8, 4) is 11.4 Å². The maximum Gasteiger partial charge on any atom is 0.327 e. The summed E-state index contributed by atoms with van der Waals surface area (Å²) in [5.41, 5.74) is 3.23. The highest BCUT2D eigenvalue weighted by molar-refractivity contribution is 5.75. The number of H-pyrrole nitrogens is 3. The summed E-state index contributed by atoms with van der Waals surface area (Å²) in [6.45, 7) is 0. The van der Waals surface area contributed by atoms with Crippen molar-refractivity contribution in [3.63, 3.8) is 0 Å². The summed E-state index contributed by atoms with van der Waals surface area (Å²) in [6, 6.07) is 6.21. The molecule has 2 aromatic heterocycles. The van der Waals surface area contributed by atoms with E-state index < -0.39 is 11.2 Å². The minimum absolute atomic E-state index is 0.286. The number of hydrogen-bond donors (Lipinski definition) is 3.